The summed E-state index contributed by atoms with van der Waals surface area (Å²) < 4.78 is 0. The molecule has 0 saturated heterocycles. The van der Waals surface area contributed by atoms with Gasteiger partial charge in [0.05, 0.1) is 6.07 Å². The predicted molar refractivity (Wildman–Crippen MR) is 62.0 cm³/mol. The maximum atomic E-state index is 11.5. The molecule has 0 bridgehead atoms. The van der Waals surface area contributed by atoms with Crippen LogP contribution in [0.15, 0.2) is 30.3 Å². The molecule has 1 aromatic rings. The van der Waals surface area contributed by atoms with Crippen LogP contribution in [0.25, 0.3) is 0 Å². The van der Waals surface area contributed by atoms with Crippen LogP contribution in [-0.2, 0) is 4.79 Å². The summed E-state index contributed by atoms with van der Waals surface area (Å²) in [5.41, 5.74) is 0.579. The standard InChI is InChI=1S/C12H13N3O2/c13-7-6-11(16)14-8-9-15-12(17)10-4-2-1-3-5-10/h1-5H,6,8-9H2,(H,14,16)(H,15,17). The Bertz CT molecular complexity index is 423. The van der Waals surface area contributed by atoms with Gasteiger partial charge in [0.1, 0.15) is 6.42 Å². The van der Waals surface area contributed by atoms with Crippen LogP contribution in [0.1, 0.15) is 16.8 Å². The number of rotatable bonds is 5. The fourth-order valence-electron chi connectivity index (χ4n) is 1.20. The molecule has 1 aromatic carbocycles. The van der Waals surface area contributed by atoms with Gasteiger partial charge in [-0.25, -0.2) is 0 Å². The van der Waals surface area contributed by atoms with Crippen LogP contribution in [-0.4, -0.2) is 24.9 Å². The molecule has 5 heteroatoms. The highest BCUT2D eigenvalue weighted by Gasteiger charge is 2.03. The second kappa shape index (κ2) is 7.01. The van der Waals surface area contributed by atoms with Crippen molar-refractivity contribution in [1.29, 1.82) is 5.26 Å². The number of hydrogen-bond acceptors (Lipinski definition) is 3. The van der Waals surface area contributed by atoms with E-state index < -0.39 is 0 Å². The molecule has 17 heavy (non-hydrogen) atoms. The molecule has 0 atom stereocenters. The average Bonchev–Trinajstić information content (AvgIpc) is 2.36. The number of carbonyl (C=O) groups excluding carboxylic acids is 2. The fourth-order valence-corrected chi connectivity index (χ4v) is 1.20. The second-order valence-corrected chi connectivity index (χ2v) is 3.31. The maximum Gasteiger partial charge on any atom is 0.251 e. The summed E-state index contributed by atoms with van der Waals surface area (Å²) in [6, 6.07) is 10.6. The molecule has 0 aliphatic rings. The highest BCUT2D eigenvalue weighted by atomic mass is 16.2. The lowest BCUT2D eigenvalue weighted by Crippen LogP contribution is -2.34. The van der Waals surface area contributed by atoms with Crippen LogP contribution in [0.4, 0.5) is 0 Å². The molecular formula is C12H13N3O2. The highest BCUT2D eigenvalue weighted by Crippen LogP contribution is 1.96. The minimum Gasteiger partial charge on any atom is -0.353 e. The van der Waals surface area contributed by atoms with Gasteiger partial charge in [0, 0.05) is 18.7 Å². The van der Waals surface area contributed by atoms with Gasteiger partial charge in [-0.2, -0.15) is 5.26 Å². The lowest BCUT2D eigenvalue weighted by atomic mass is 10.2. The Morgan fingerprint density at radius 3 is 2.41 bits per heavy atom. The maximum absolute atomic E-state index is 11.5. The monoisotopic (exact) mass is 231 g/mol. The van der Waals surface area contributed by atoms with Crippen molar-refractivity contribution in [3.63, 3.8) is 0 Å². The van der Waals surface area contributed by atoms with Crippen molar-refractivity contribution in [3.05, 3.63) is 35.9 Å². The lowest BCUT2D eigenvalue weighted by molar-refractivity contribution is -0.120. The third-order valence-corrected chi connectivity index (χ3v) is 2.01. The Morgan fingerprint density at radius 1 is 1.12 bits per heavy atom. The van der Waals surface area contributed by atoms with E-state index in [1.807, 2.05) is 6.07 Å². The van der Waals surface area contributed by atoms with Gasteiger partial charge in [-0.1, -0.05) is 18.2 Å². The quantitative estimate of drug-likeness (QED) is 0.722. The van der Waals surface area contributed by atoms with Crippen LogP contribution in [0.3, 0.4) is 0 Å². The first-order chi connectivity index (χ1) is 8.24. The molecule has 0 fully saturated rings. The zero-order chi connectivity index (χ0) is 12.5. The van der Waals surface area contributed by atoms with E-state index in [2.05, 4.69) is 10.6 Å². The predicted octanol–water partition coefficient (Wildman–Crippen LogP) is 0.446. The average molecular weight is 231 g/mol. The van der Waals surface area contributed by atoms with E-state index in [-0.39, 0.29) is 18.2 Å². The first-order valence-electron chi connectivity index (χ1n) is 5.21. The zero-order valence-corrected chi connectivity index (χ0v) is 9.27. The van der Waals surface area contributed by atoms with Crippen molar-refractivity contribution in [2.45, 2.75) is 6.42 Å². The van der Waals surface area contributed by atoms with Crippen molar-refractivity contribution in [3.8, 4) is 6.07 Å². The van der Waals surface area contributed by atoms with Gasteiger partial charge >= 0.3 is 0 Å². The van der Waals surface area contributed by atoms with Gasteiger partial charge in [-0.05, 0) is 12.1 Å². The largest absolute Gasteiger partial charge is 0.353 e. The van der Waals surface area contributed by atoms with Crippen molar-refractivity contribution >= 4 is 11.8 Å². The number of nitrogens with zero attached hydrogens (tertiary/aromatic N) is 1. The van der Waals surface area contributed by atoms with Crippen molar-refractivity contribution in [1.82, 2.24) is 10.6 Å². The summed E-state index contributed by atoms with van der Waals surface area (Å²) in [5, 5.41) is 13.4. The molecule has 0 aliphatic carbocycles. The van der Waals surface area contributed by atoms with Crippen molar-refractivity contribution < 1.29 is 9.59 Å². The van der Waals surface area contributed by atoms with Crippen molar-refractivity contribution in [2.75, 3.05) is 13.1 Å². The van der Waals surface area contributed by atoms with Gasteiger partial charge in [-0.15, -0.1) is 0 Å². The molecule has 5 nitrogen and oxygen atoms in total. The van der Waals surface area contributed by atoms with Crippen LogP contribution < -0.4 is 10.6 Å². The number of carbonyl (C=O) groups is 2. The Balaban J connectivity index is 2.22. The second-order valence-electron chi connectivity index (χ2n) is 3.31. The number of amides is 2. The number of nitriles is 1. The minimum absolute atomic E-state index is 0.160. The Labute approximate surface area is 99.4 Å². The molecule has 2 amide bonds. The fraction of sp³-hybridized carbons (Fsp3) is 0.250. The Morgan fingerprint density at radius 2 is 1.76 bits per heavy atom. The van der Waals surface area contributed by atoms with Crippen molar-refractivity contribution in [2.24, 2.45) is 0 Å². The minimum atomic E-state index is -0.332. The summed E-state index contributed by atoms with van der Waals surface area (Å²) in [6.07, 6.45) is -0.160. The molecule has 0 heterocycles. The first kappa shape index (κ1) is 12.7. The molecule has 0 unspecified atom stereocenters. The molecule has 0 aromatic heterocycles. The number of benzene rings is 1. The molecule has 0 radical (unpaired) electrons. The summed E-state index contributed by atoms with van der Waals surface area (Å²) in [7, 11) is 0. The zero-order valence-electron chi connectivity index (χ0n) is 9.27. The number of nitrogens with one attached hydrogen (secondary N) is 2. The van der Waals surface area contributed by atoms with E-state index in [1.165, 1.54) is 0 Å². The van der Waals surface area contributed by atoms with Gasteiger partial charge in [0.25, 0.3) is 5.91 Å². The van der Waals surface area contributed by atoms with Gasteiger partial charge < -0.3 is 10.6 Å². The molecular weight excluding hydrogens is 218 g/mol. The topological polar surface area (TPSA) is 82.0 Å². The van der Waals surface area contributed by atoms with Crippen LogP contribution in [0.2, 0.25) is 0 Å². The molecule has 2 N–H and O–H groups in total. The van der Waals surface area contributed by atoms with E-state index in [0.29, 0.717) is 18.7 Å². The van der Waals surface area contributed by atoms with E-state index in [0.717, 1.165) is 0 Å². The third kappa shape index (κ3) is 4.80. The Kier molecular flexibility index (Phi) is 5.25. The van der Waals surface area contributed by atoms with Crippen LogP contribution in [0, 0.1) is 11.3 Å². The third-order valence-electron chi connectivity index (χ3n) is 2.01. The van der Waals surface area contributed by atoms with E-state index in [4.69, 9.17) is 5.26 Å². The molecule has 1 rings (SSSR count). The van der Waals surface area contributed by atoms with Crippen LogP contribution >= 0.6 is 0 Å². The lowest BCUT2D eigenvalue weighted by Gasteiger charge is -2.05. The molecule has 88 valence electrons. The van der Waals surface area contributed by atoms with Gasteiger partial charge in [0.2, 0.25) is 5.91 Å². The summed E-state index contributed by atoms with van der Waals surface area (Å²) in [4.78, 5) is 22.5. The highest BCUT2D eigenvalue weighted by molar-refractivity contribution is 5.94. The normalized spacial score (nSPS) is 9.12. The summed E-state index contributed by atoms with van der Waals surface area (Å²) in [5.74, 6) is -0.512. The van der Waals surface area contributed by atoms with Gasteiger partial charge in [0.15, 0.2) is 0 Å². The van der Waals surface area contributed by atoms with Crippen LogP contribution in [0.5, 0.6) is 0 Å². The van der Waals surface area contributed by atoms with E-state index >= 15 is 0 Å². The smallest absolute Gasteiger partial charge is 0.251 e. The first-order valence-corrected chi connectivity index (χ1v) is 5.21. The molecule has 0 saturated carbocycles. The molecule has 0 aliphatic heterocycles. The molecule has 0 spiro atoms. The number of hydrogen-bond donors (Lipinski definition) is 2. The van der Waals surface area contributed by atoms with E-state index in [1.54, 1.807) is 30.3 Å². The summed E-state index contributed by atoms with van der Waals surface area (Å²) >= 11 is 0. The SMILES string of the molecule is N#CCC(=O)NCCNC(=O)c1ccccc1. The van der Waals surface area contributed by atoms with E-state index in [9.17, 15) is 9.59 Å². The summed E-state index contributed by atoms with van der Waals surface area (Å²) in [6.45, 7) is 0.657. The Hall–Kier alpha value is -2.35. The van der Waals surface area contributed by atoms with Gasteiger partial charge in [-0.3, -0.25) is 9.59 Å².